The quantitative estimate of drug-likeness (QED) is 0.656. The highest BCUT2D eigenvalue weighted by atomic mass is 16.1. The molecule has 0 aliphatic heterocycles. The molecule has 1 N–H and O–H groups in total. The van der Waals surface area contributed by atoms with Gasteiger partial charge in [-0.25, -0.2) is 0 Å². The lowest BCUT2D eigenvalue weighted by molar-refractivity contribution is -0.121. The minimum absolute atomic E-state index is 0.122. The maximum absolute atomic E-state index is 11.9. The average molecular weight is 347 g/mol. The summed E-state index contributed by atoms with van der Waals surface area (Å²) in [5.74, 6) is 0.122. The van der Waals surface area contributed by atoms with Gasteiger partial charge in [-0.15, -0.1) is 0 Å². The highest BCUT2D eigenvalue weighted by molar-refractivity contribution is 5.76. The molecule has 26 heavy (non-hydrogen) atoms. The minimum atomic E-state index is 0.122. The van der Waals surface area contributed by atoms with Crippen LogP contribution in [-0.4, -0.2) is 15.7 Å². The van der Waals surface area contributed by atoms with Crippen LogP contribution in [0.15, 0.2) is 67.0 Å². The van der Waals surface area contributed by atoms with Crippen molar-refractivity contribution in [2.75, 3.05) is 0 Å². The van der Waals surface area contributed by atoms with E-state index in [2.05, 4.69) is 53.7 Å². The zero-order valence-electron chi connectivity index (χ0n) is 15.2. The SMILES string of the molecule is CCCCC(=O)NCc1ccccc1-c1ccc(Cn2cccn2)cc1. The Bertz CT molecular complexity index is 823. The van der Waals surface area contributed by atoms with E-state index in [1.165, 1.54) is 5.56 Å². The monoisotopic (exact) mass is 347 g/mol. The van der Waals surface area contributed by atoms with Crippen LogP contribution in [0.5, 0.6) is 0 Å². The van der Waals surface area contributed by atoms with Gasteiger partial charge in [0.2, 0.25) is 5.91 Å². The molecule has 0 aliphatic rings. The van der Waals surface area contributed by atoms with Gasteiger partial charge in [0.1, 0.15) is 0 Å². The van der Waals surface area contributed by atoms with Crippen LogP contribution in [0, 0.1) is 0 Å². The standard InChI is InChI=1S/C22H25N3O/c1-2-3-9-22(26)23-16-20-7-4-5-8-21(20)19-12-10-18(11-13-19)17-25-15-6-14-24-25/h4-8,10-15H,2-3,9,16-17H2,1H3,(H,23,26). The normalized spacial score (nSPS) is 10.7. The molecule has 0 aliphatic carbocycles. The molecule has 0 bridgehead atoms. The Balaban J connectivity index is 1.69. The van der Waals surface area contributed by atoms with Crippen LogP contribution >= 0.6 is 0 Å². The van der Waals surface area contributed by atoms with Crippen LogP contribution < -0.4 is 5.32 Å². The number of hydrogen-bond donors (Lipinski definition) is 1. The summed E-state index contributed by atoms with van der Waals surface area (Å²) in [7, 11) is 0. The van der Waals surface area contributed by atoms with Gasteiger partial charge in [-0.3, -0.25) is 9.48 Å². The van der Waals surface area contributed by atoms with E-state index in [9.17, 15) is 4.79 Å². The van der Waals surface area contributed by atoms with Gasteiger partial charge >= 0.3 is 0 Å². The third-order valence-corrected chi connectivity index (χ3v) is 4.42. The number of carbonyl (C=O) groups is 1. The first kappa shape index (κ1) is 17.9. The fraction of sp³-hybridized carbons (Fsp3) is 0.273. The van der Waals surface area contributed by atoms with Crippen LogP contribution in [0.1, 0.15) is 37.3 Å². The smallest absolute Gasteiger partial charge is 0.220 e. The first-order valence-electron chi connectivity index (χ1n) is 9.17. The van der Waals surface area contributed by atoms with E-state index in [1.54, 1.807) is 6.20 Å². The van der Waals surface area contributed by atoms with Crippen molar-refractivity contribution in [2.45, 2.75) is 39.3 Å². The second-order valence-electron chi connectivity index (χ2n) is 6.44. The predicted molar refractivity (Wildman–Crippen MR) is 105 cm³/mol. The third-order valence-electron chi connectivity index (χ3n) is 4.42. The molecule has 4 nitrogen and oxygen atoms in total. The molecule has 0 unspecified atom stereocenters. The summed E-state index contributed by atoms with van der Waals surface area (Å²) in [4.78, 5) is 11.9. The summed E-state index contributed by atoms with van der Waals surface area (Å²) in [5, 5.41) is 7.28. The van der Waals surface area contributed by atoms with Crippen molar-refractivity contribution in [1.82, 2.24) is 15.1 Å². The Morgan fingerprint density at radius 3 is 2.62 bits per heavy atom. The fourth-order valence-corrected chi connectivity index (χ4v) is 2.95. The van der Waals surface area contributed by atoms with Crippen molar-refractivity contribution in [2.24, 2.45) is 0 Å². The molecule has 0 spiro atoms. The number of nitrogens with one attached hydrogen (secondary N) is 1. The molecule has 3 aromatic rings. The molecule has 134 valence electrons. The maximum Gasteiger partial charge on any atom is 0.220 e. The van der Waals surface area contributed by atoms with Gasteiger partial charge in [-0.1, -0.05) is 61.9 Å². The lowest BCUT2D eigenvalue weighted by Crippen LogP contribution is -2.22. The second kappa shape index (κ2) is 8.99. The molecular formula is C22H25N3O. The number of unbranched alkanes of at least 4 members (excludes halogenated alkanes) is 1. The van der Waals surface area contributed by atoms with E-state index < -0.39 is 0 Å². The molecule has 0 fully saturated rings. The summed E-state index contributed by atoms with van der Waals surface area (Å²) in [6.45, 7) is 3.43. The van der Waals surface area contributed by atoms with E-state index in [4.69, 9.17) is 0 Å². The van der Waals surface area contributed by atoms with Gasteiger partial charge in [-0.2, -0.15) is 5.10 Å². The van der Waals surface area contributed by atoms with Crippen molar-refractivity contribution in [3.8, 4) is 11.1 Å². The molecule has 1 amide bonds. The van der Waals surface area contributed by atoms with Gasteiger partial charge in [0.05, 0.1) is 6.54 Å². The van der Waals surface area contributed by atoms with Gasteiger partial charge in [-0.05, 0) is 34.7 Å². The third kappa shape index (κ3) is 4.82. The Morgan fingerprint density at radius 1 is 1.08 bits per heavy atom. The van der Waals surface area contributed by atoms with Crippen molar-refractivity contribution in [3.63, 3.8) is 0 Å². The molecule has 3 rings (SSSR count). The summed E-state index contributed by atoms with van der Waals surface area (Å²) in [5.41, 5.74) is 4.67. The van der Waals surface area contributed by atoms with Gasteiger partial charge in [0.25, 0.3) is 0 Å². The molecule has 0 atom stereocenters. The van der Waals surface area contributed by atoms with Crippen molar-refractivity contribution < 1.29 is 4.79 Å². The number of nitrogens with zero attached hydrogens (tertiary/aromatic N) is 2. The Kier molecular flexibility index (Phi) is 6.20. The Morgan fingerprint density at radius 2 is 1.88 bits per heavy atom. The summed E-state index contributed by atoms with van der Waals surface area (Å²) < 4.78 is 1.91. The molecule has 1 aromatic heterocycles. The molecule has 4 heteroatoms. The first-order chi connectivity index (χ1) is 12.8. The van der Waals surface area contributed by atoms with Crippen LogP contribution in [0.4, 0.5) is 0 Å². The van der Waals surface area contributed by atoms with Crippen LogP contribution in [-0.2, 0) is 17.9 Å². The maximum atomic E-state index is 11.9. The van der Waals surface area contributed by atoms with Crippen LogP contribution in [0.2, 0.25) is 0 Å². The lowest BCUT2D eigenvalue weighted by Gasteiger charge is -2.12. The first-order valence-corrected chi connectivity index (χ1v) is 9.17. The van der Waals surface area contributed by atoms with E-state index in [1.807, 2.05) is 29.1 Å². The van der Waals surface area contributed by atoms with E-state index >= 15 is 0 Å². The van der Waals surface area contributed by atoms with Gasteiger partial charge in [0.15, 0.2) is 0 Å². The van der Waals surface area contributed by atoms with Gasteiger partial charge in [0, 0.05) is 25.4 Å². The number of carbonyl (C=O) groups excluding carboxylic acids is 1. The van der Waals surface area contributed by atoms with E-state index in [0.717, 1.165) is 36.1 Å². The molecule has 0 saturated heterocycles. The van der Waals surface area contributed by atoms with E-state index in [-0.39, 0.29) is 5.91 Å². The van der Waals surface area contributed by atoms with Crippen LogP contribution in [0.25, 0.3) is 11.1 Å². The molecule has 0 radical (unpaired) electrons. The summed E-state index contributed by atoms with van der Waals surface area (Å²) in [6.07, 6.45) is 6.32. The van der Waals surface area contributed by atoms with Gasteiger partial charge < -0.3 is 5.32 Å². The largest absolute Gasteiger partial charge is 0.352 e. The topological polar surface area (TPSA) is 46.9 Å². The van der Waals surface area contributed by atoms with Crippen molar-refractivity contribution in [1.29, 1.82) is 0 Å². The highest BCUT2D eigenvalue weighted by Crippen LogP contribution is 2.24. The molecule has 2 aromatic carbocycles. The number of benzene rings is 2. The molecular weight excluding hydrogens is 322 g/mol. The molecule has 1 heterocycles. The zero-order chi connectivity index (χ0) is 18.2. The molecule has 0 saturated carbocycles. The number of aromatic nitrogens is 2. The summed E-state index contributed by atoms with van der Waals surface area (Å²) in [6, 6.07) is 18.7. The lowest BCUT2D eigenvalue weighted by atomic mass is 9.98. The fourth-order valence-electron chi connectivity index (χ4n) is 2.95. The number of rotatable bonds is 8. The average Bonchev–Trinajstić information content (AvgIpc) is 3.18. The Hall–Kier alpha value is -2.88. The van der Waals surface area contributed by atoms with Crippen molar-refractivity contribution >= 4 is 5.91 Å². The highest BCUT2D eigenvalue weighted by Gasteiger charge is 2.07. The second-order valence-corrected chi connectivity index (χ2v) is 6.44. The van der Waals surface area contributed by atoms with Crippen molar-refractivity contribution in [3.05, 3.63) is 78.1 Å². The number of hydrogen-bond acceptors (Lipinski definition) is 2. The van der Waals surface area contributed by atoms with Crippen LogP contribution in [0.3, 0.4) is 0 Å². The van der Waals surface area contributed by atoms with E-state index in [0.29, 0.717) is 13.0 Å². The predicted octanol–water partition coefficient (Wildman–Crippen LogP) is 4.40. The minimum Gasteiger partial charge on any atom is -0.352 e. The zero-order valence-corrected chi connectivity index (χ0v) is 15.2. The number of amides is 1. The Labute approximate surface area is 154 Å². The summed E-state index contributed by atoms with van der Waals surface area (Å²) >= 11 is 0.